The van der Waals surface area contributed by atoms with Crippen LogP contribution in [0.4, 0.5) is 0 Å². The molecule has 13 aromatic rings. The predicted octanol–water partition coefficient (Wildman–Crippen LogP) is 17.9. The Morgan fingerprint density at radius 2 is 1.05 bits per heavy atom. The normalized spacial score (nSPS) is 14.0. The maximum Gasteiger partial charge on any atom is 0.268 e. The van der Waals surface area contributed by atoms with Crippen molar-refractivity contribution in [1.29, 1.82) is 0 Å². The van der Waals surface area contributed by atoms with Crippen molar-refractivity contribution in [2.45, 2.75) is 78.6 Å². The average molecular weight is 1220 g/mol. The SMILES string of the molecule is [2H]c1c([2H])c([2H])c(-c2cccc(-c3c([2H])c([2H])c([2H])c([2H])c3[2H])c2-[n+]2[c-]n(-c3[c-]c(Oc4[c-]c5c(cc4)c4cc(-n6c7ccc(C(C)(C)C)cc7c7cc(C(C)(C)C)ccc76)ccc4n5-c4cc(C(C)(C)C)ccn4)ccc3)c3ccccc32)c([2H])c1[2H].[Pt]. The van der Waals surface area contributed by atoms with Gasteiger partial charge in [0.2, 0.25) is 0 Å². The summed E-state index contributed by atoms with van der Waals surface area (Å²) in [5, 5.41) is 4.36. The van der Waals surface area contributed by atoms with Gasteiger partial charge < -0.3 is 18.4 Å². The van der Waals surface area contributed by atoms with E-state index in [1.165, 1.54) is 21.9 Å². The first-order valence-corrected chi connectivity index (χ1v) is 26.2. The van der Waals surface area contributed by atoms with Crippen LogP contribution in [0.25, 0.3) is 99.8 Å². The number of hydrogen-bond donors (Lipinski definition) is 0. The van der Waals surface area contributed by atoms with E-state index in [4.69, 9.17) is 23.4 Å². The van der Waals surface area contributed by atoms with Crippen molar-refractivity contribution in [2.24, 2.45) is 0 Å². The smallest absolute Gasteiger partial charge is 0.268 e. The Morgan fingerprint density at radius 1 is 0.494 bits per heavy atom. The van der Waals surface area contributed by atoms with E-state index in [1.807, 2.05) is 48.7 Å². The predicted molar refractivity (Wildman–Crippen MR) is 321 cm³/mol. The largest absolute Gasteiger partial charge is 0.510 e. The summed E-state index contributed by atoms with van der Waals surface area (Å²) in [5.74, 6) is 1.49. The van der Waals surface area contributed by atoms with Gasteiger partial charge in [0.15, 0.2) is 0 Å². The summed E-state index contributed by atoms with van der Waals surface area (Å²) in [4.78, 5) is 4.99. The van der Waals surface area contributed by atoms with Gasteiger partial charge in [0, 0.05) is 60.7 Å². The summed E-state index contributed by atoms with van der Waals surface area (Å²) in [6.45, 7) is 20.1. The fourth-order valence-corrected chi connectivity index (χ4v) is 10.7. The molecule has 0 radical (unpaired) electrons. The van der Waals surface area contributed by atoms with E-state index in [2.05, 4.69) is 163 Å². The minimum atomic E-state index is -0.576. The third-order valence-corrected chi connectivity index (χ3v) is 14.8. The molecule has 0 aliphatic heterocycles. The van der Waals surface area contributed by atoms with Crippen LogP contribution in [0.5, 0.6) is 11.5 Å². The Bertz CT molecular complexity index is 4880. The van der Waals surface area contributed by atoms with Gasteiger partial charge in [0.25, 0.3) is 6.33 Å². The van der Waals surface area contributed by atoms with Gasteiger partial charge >= 0.3 is 0 Å². The molecule has 0 aliphatic rings. The fourth-order valence-electron chi connectivity index (χ4n) is 10.7. The number of ether oxygens (including phenoxy) is 1. The molecule has 4 heterocycles. The van der Waals surface area contributed by atoms with Crippen molar-refractivity contribution in [1.82, 2.24) is 18.7 Å². The average Bonchev–Trinajstić information content (AvgIpc) is 1.76. The first-order chi connectivity index (χ1) is 41.7. The topological polar surface area (TPSA) is 40.8 Å². The van der Waals surface area contributed by atoms with Crippen LogP contribution in [0.1, 0.15) is 92.7 Å². The summed E-state index contributed by atoms with van der Waals surface area (Å²) in [6.07, 6.45) is 5.30. The van der Waals surface area contributed by atoms with Gasteiger partial charge in [-0.15, -0.1) is 29.7 Å². The van der Waals surface area contributed by atoms with Crippen molar-refractivity contribution in [3.05, 3.63) is 241 Å². The van der Waals surface area contributed by atoms with Crippen molar-refractivity contribution in [3.8, 4) is 56.6 Å². The molecule has 6 nitrogen and oxygen atoms in total. The summed E-state index contributed by atoms with van der Waals surface area (Å²) >= 11 is 0. The maximum atomic E-state index is 9.11. The summed E-state index contributed by atoms with van der Waals surface area (Å²) < 4.78 is 102. The van der Waals surface area contributed by atoms with E-state index in [0.29, 0.717) is 28.2 Å². The van der Waals surface area contributed by atoms with E-state index in [1.54, 1.807) is 33.4 Å². The monoisotopic (exact) mass is 1220 g/mol. The molecule has 0 saturated carbocycles. The second kappa shape index (κ2) is 19.5. The van der Waals surface area contributed by atoms with E-state index >= 15 is 0 Å². The third kappa shape index (κ3) is 9.16. The Morgan fingerprint density at radius 3 is 1.68 bits per heavy atom. The summed E-state index contributed by atoms with van der Waals surface area (Å²) in [6, 6.07) is 47.9. The second-order valence-corrected chi connectivity index (χ2v) is 23.0. The van der Waals surface area contributed by atoms with Crippen LogP contribution in [0.2, 0.25) is 0 Å². The molecule has 0 fully saturated rings. The first kappa shape index (κ1) is 40.8. The van der Waals surface area contributed by atoms with Gasteiger partial charge in [-0.05, 0) is 121 Å². The van der Waals surface area contributed by atoms with Crippen LogP contribution in [0, 0.1) is 18.5 Å². The molecule has 392 valence electrons. The number of rotatable bonds is 8. The number of fused-ring (bicyclic) bond motifs is 7. The minimum Gasteiger partial charge on any atom is -0.510 e. The Kier molecular flexibility index (Phi) is 10.1. The number of nitrogens with zero attached hydrogens (tertiary/aromatic N) is 5. The van der Waals surface area contributed by atoms with E-state index in [0.717, 1.165) is 49.9 Å². The van der Waals surface area contributed by atoms with Crippen LogP contribution in [-0.2, 0) is 37.3 Å². The number of aromatic nitrogens is 5. The van der Waals surface area contributed by atoms with Gasteiger partial charge in [-0.3, -0.25) is 4.57 Å². The fraction of sp³-hybridized carbons (Fsp3) is 0.167. The molecule has 0 spiro atoms. The van der Waals surface area contributed by atoms with Crippen molar-refractivity contribution in [2.75, 3.05) is 0 Å². The summed E-state index contributed by atoms with van der Waals surface area (Å²) in [7, 11) is 0. The molecule has 79 heavy (non-hydrogen) atoms. The van der Waals surface area contributed by atoms with Gasteiger partial charge in [-0.1, -0.05) is 183 Å². The Hall–Kier alpha value is -8.31. The minimum absolute atomic E-state index is 0. The molecule has 13 rings (SSSR count). The van der Waals surface area contributed by atoms with Gasteiger partial charge in [-0.2, -0.15) is 18.2 Å². The molecule has 0 bridgehead atoms. The van der Waals surface area contributed by atoms with Crippen LogP contribution in [0.3, 0.4) is 0 Å². The van der Waals surface area contributed by atoms with Crippen LogP contribution >= 0.6 is 0 Å². The van der Waals surface area contributed by atoms with Gasteiger partial charge in [0.1, 0.15) is 5.82 Å². The van der Waals surface area contributed by atoms with Crippen molar-refractivity contribution >= 4 is 54.6 Å². The molecular formula is C72H61N5OPt-2. The molecule has 0 unspecified atom stereocenters. The van der Waals surface area contributed by atoms with Crippen LogP contribution in [0.15, 0.2) is 206 Å². The molecule has 0 saturated heterocycles. The quantitative estimate of drug-likeness (QED) is 0.112. The van der Waals surface area contributed by atoms with Gasteiger partial charge in [0.05, 0.1) is 41.5 Å². The molecular weight excluding hydrogens is 1150 g/mol. The maximum absolute atomic E-state index is 9.11. The zero-order valence-corrected chi connectivity index (χ0v) is 47.6. The van der Waals surface area contributed by atoms with Crippen molar-refractivity contribution in [3.63, 3.8) is 0 Å². The molecule has 7 heteroatoms. The third-order valence-electron chi connectivity index (χ3n) is 14.8. The Balaban J connectivity index is 0.00000769. The standard InChI is InChI=1S/C72H61N5O.Pt/c1-70(2,3)49-30-35-62-59(40-49)60-41-50(71(4,5)6)31-36-63(60)76(62)53-32-37-64-61(44-53)58-34-33-55(45-67(58)77(64)68-42-51(38-39-73-68)72(7,8)9)78-54-25-18-24-52(43-54)74-46-75(66-29-17-16-28-65(66)74)69-56(47-20-12-10-13-21-47)26-19-27-57(69)48-22-14-11-15-23-48;/h10-42,44H,1-9H3;/q-2;/i10D,11D,12D,13D,14D,15D,20D,21D,22D,23D;. The van der Waals surface area contributed by atoms with Crippen LogP contribution < -0.4 is 9.30 Å². The molecule has 0 aliphatic carbocycles. The molecule has 0 amide bonds. The number of benzene rings is 9. The number of pyridine rings is 1. The molecule has 0 atom stereocenters. The molecule has 9 aromatic carbocycles. The number of imidazole rings is 1. The van der Waals surface area contributed by atoms with Gasteiger partial charge in [-0.25, -0.2) is 4.98 Å². The zero-order valence-electron chi connectivity index (χ0n) is 55.3. The van der Waals surface area contributed by atoms with E-state index in [9.17, 15) is 0 Å². The Labute approximate surface area is 491 Å². The number of para-hydroxylation sites is 3. The van der Waals surface area contributed by atoms with Crippen molar-refractivity contribution < 1.29 is 44.1 Å². The molecule has 0 N–H and O–H groups in total. The summed E-state index contributed by atoms with van der Waals surface area (Å²) in [5.41, 5.74) is 10.1. The first-order valence-electron chi connectivity index (χ1n) is 31.2. The molecule has 4 aromatic heterocycles. The van der Waals surface area contributed by atoms with E-state index in [-0.39, 0.29) is 65.3 Å². The number of hydrogen-bond acceptors (Lipinski definition) is 2. The zero-order chi connectivity index (χ0) is 62.4. The second-order valence-electron chi connectivity index (χ2n) is 23.0. The van der Waals surface area contributed by atoms with E-state index < -0.39 is 60.4 Å². The van der Waals surface area contributed by atoms with Crippen LogP contribution in [-0.4, -0.2) is 18.7 Å².